The molecular weight excluding hydrogens is 302 g/mol. The maximum Gasteiger partial charge on any atom is 0.285 e. The highest BCUT2D eigenvalue weighted by molar-refractivity contribution is 6.32. The highest BCUT2D eigenvalue weighted by Crippen LogP contribution is 2.33. The van der Waals surface area contributed by atoms with Gasteiger partial charge in [-0.1, -0.05) is 41.9 Å². The molecule has 22 heavy (non-hydrogen) atoms. The van der Waals surface area contributed by atoms with Gasteiger partial charge in [-0.25, -0.2) is 5.10 Å². The molecule has 2 N–H and O–H groups in total. The summed E-state index contributed by atoms with van der Waals surface area (Å²) < 4.78 is 0. The molecule has 1 aromatic carbocycles. The van der Waals surface area contributed by atoms with E-state index in [1.54, 1.807) is 6.20 Å². The molecule has 1 unspecified atom stereocenters. The quantitative estimate of drug-likeness (QED) is 0.911. The number of aromatic nitrogens is 2. The smallest absolute Gasteiger partial charge is 0.285 e. The van der Waals surface area contributed by atoms with E-state index in [1.807, 2.05) is 30.3 Å². The molecule has 1 aliphatic heterocycles. The Morgan fingerprint density at radius 1 is 1.27 bits per heavy atom. The van der Waals surface area contributed by atoms with Crippen molar-refractivity contribution in [1.29, 1.82) is 0 Å². The van der Waals surface area contributed by atoms with Crippen LogP contribution in [0.3, 0.4) is 0 Å². The van der Waals surface area contributed by atoms with Crippen molar-refractivity contribution >= 4 is 17.3 Å². The number of aliphatic hydroxyl groups is 1. The van der Waals surface area contributed by atoms with Crippen LogP contribution >= 0.6 is 11.6 Å². The minimum absolute atomic E-state index is 0.178. The van der Waals surface area contributed by atoms with Gasteiger partial charge in [-0.05, 0) is 24.3 Å². The molecule has 0 saturated carbocycles. The number of aliphatic hydroxyl groups excluding tert-OH is 1. The van der Waals surface area contributed by atoms with Crippen LogP contribution in [-0.2, 0) is 0 Å². The molecule has 0 spiro atoms. The van der Waals surface area contributed by atoms with Gasteiger partial charge in [0.2, 0.25) is 0 Å². The molecule has 5 nitrogen and oxygen atoms in total. The molecular formula is C16H18ClN3O2. The van der Waals surface area contributed by atoms with E-state index in [9.17, 15) is 9.90 Å². The number of halogens is 1. The summed E-state index contributed by atoms with van der Waals surface area (Å²) in [6, 6.07) is 9.73. The molecule has 3 rings (SSSR count). The average molecular weight is 320 g/mol. The van der Waals surface area contributed by atoms with Crippen molar-refractivity contribution < 1.29 is 5.11 Å². The van der Waals surface area contributed by atoms with E-state index in [0.29, 0.717) is 5.69 Å². The summed E-state index contributed by atoms with van der Waals surface area (Å²) in [7, 11) is 0. The van der Waals surface area contributed by atoms with Crippen molar-refractivity contribution in [2.75, 3.05) is 18.0 Å². The van der Waals surface area contributed by atoms with Crippen molar-refractivity contribution in [1.82, 2.24) is 10.2 Å². The Hall–Kier alpha value is -1.85. The third-order valence-corrected chi connectivity index (χ3v) is 4.61. The minimum Gasteiger partial charge on any atom is -0.388 e. The lowest BCUT2D eigenvalue weighted by Crippen LogP contribution is -2.36. The molecule has 1 saturated heterocycles. The summed E-state index contributed by atoms with van der Waals surface area (Å²) in [6.07, 6.45) is 2.83. The van der Waals surface area contributed by atoms with Gasteiger partial charge in [0.1, 0.15) is 5.02 Å². The van der Waals surface area contributed by atoms with Crippen LogP contribution in [-0.4, -0.2) is 28.4 Å². The summed E-state index contributed by atoms with van der Waals surface area (Å²) in [6.45, 7) is 1.50. The largest absolute Gasteiger partial charge is 0.388 e. The Bertz CT molecular complexity index is 681. The first-order valence-corrected chi connectivity index (χ1v) is 7.76. The van der Waals surface area contributed by atoms with E-state index in [2.05, 4.69) is 15.1 Å². The highest BCUT2D eigenvalue weighted by Gasteiger charge is 2.27. The number of benzene rings is 1. The van der Waals surface area contributed by atoms with Crippen LogP contribution < -0.4 is 10.5 Å². The zero-order valence-corrected chi connectivity index (χ0v) is 12.8. The fourth-order valence-corrected chi connectivity index (χ4v) is 3.18. The molecule has 6 heteroatoms. The van der Waals surface area contributed by atoms with Crippen LogP contribution in [0.25, 0.3) is 0 Å². The number of rotatable bonds is 3. The van der Waals surface area contributed by atoms with Crippen molar-refractivity contribution in [2.45, 2.75) is 18.9 Å². The molecule has 116 valence electrons. The molecule has 0 aliphatic carbocycles. The van der Waals surface area contributed by atoms with Crippen molar-refractivity contribution in [3.05, 3.63) is 57.5 Å². The third-order valence-electron chi connectivity index (χ3n) is 4.25. The van der Waals surface area contributed by atoms with E-state index < -0.39 is 6.10 Å². The Balaban J connectivity index is 1.68. The van der Waals surface area contributed by atoms with Gasteiger partial charge >= 0.3 is 0 Å². The highest BCUT2D eigenvalue weighted by atomic mass is 35.5. The number of anilines is 1. The fraction of sp³-hybridized carbons (Fsp3) is 0.375. The molecule has 0 bridgehead atoms. The van der Waals surface area contributed by atoms with Gasteiger partial charge in [0.15, 0.2) is 0 Å². The molecule has 1 aromatic heterocycles. The molecule has 1 fully saturated rings. The number of nitrogens with one attached hydrogen (secondary N) is 1. The number of hydrogen-bond acceptors (Lipinski definition) is 4. The minimum atomic E-state index is -0.448. The predicted molar refractivity (Wildman–Crippen MR) is 86.2 cm³/mol. The molecule has 1 atom stereocenters. The second-order valence-corrected chi connectivity index (χ2v) is 5.96. The van der Waals surface area contributed by atoms with Crippen molar-refractivity contribution in [3.63, 3.8) is 0 Å². The van der Waals surface area contributed by atoms with Crippen LogP contribution in [0.15, 0.2) is 41.3 Å². The normalized spacial score (nSPS) is 17.5. The molecule has 0 radical (unpaired) electrons. The standard InChI is InChI=1S/C16H18ClN3O2/c17-14-13(10-18-19-16(14)22)20-8-6-12(7-9-20)15(21)11-4-2-1-3-5-11/h1-5,10,12,15,21H,6-9H2,(H,19,22). The van der Waals surface area contributed by atoms with Crippen molar-refractivity contribution in [2.24, 2.45) is 5.92 Å². The average Bonchev–Trinajstić information content (AvgIpc) is 2.58. The Labute approximate surface area is 133 Å². The fourth-order valence-electron chi connectivity index (χ4n) is 2.97. The van der Waals surface area contributed by atoms with Crippen LogP contribution in [0.1, 0.15) is 24.5 Å². The lowest BCUT2D eigenvalue weighted by Gasteiger charge is -2.35. The first kappa shape index (κ1) is 15.1. The van der Waals surface area contributed by atoms with Crippen molar-refractivity contribution in [3.8, 4) is 0 Å². The van der Waals surface area contributed by atoms with Crippen LogP contribution in [0.4, 0.5) is 5.69 Å². The lowest BCUT2D eigenvalue weighted by atomic mass is 9.87. The Kier molecular flexibility index (Phi) is 4.45. The van der Waals surface area contributed by atoms with Crippen LogP contribution in [0.5, 0.6) is 0 Å². The third kappa shape index (κ3) is 3.00. The predicted octanol–water partition coefficient (Wildman–Crippen LogP) is 2.37. The molecule has 2 aromatic rings. The van der Waals surface area contributed by atoms with Gasteiger partial charge < -0.3 is 10.0 Å². The van der Waals surface area contributed by atoms with Crippen LogP contribution in [0, 0.1) is 5.92 Å². The maximum atomic E-state index is 11.5. The van der Waals surface area contributed by atoms with E-state index in [1.165, 1.54) is 0 Å². The molecule has 2 heterocycles. The van der Waals surface area contributed by atoms with E-state index in [-0.39, 0.29) is 16.5 Å². The second-order valence-electron chi connectivity index (χ2n) is 5.58. The SMILES string of the molecule is O=c1[nH]ncc(N2CCC(C(O)c3ccccc3)CC2)c1Cl. The van der Waals surface area contributed by atoms with Gasteiger partial charge in [-0.15, -0.1) is 0 Å². The summed E-state index contributed by atoms with van der Waals surface area (Å²) >= 11 is 6.05. The summed E-state index contributed by atoms with van der Waals surface area (Å²) in [5.74, 6) is 0.215. The maximum absolute atomic E-state index is 11.5. The van der Waals surface area contributed by atoms with E-state index >= 15 is 0 Å². The summed E-state index contributed by atoms with van der Waals surface area (Å²) in [5.41, 5.74) is 1.25. The zero-order valence-electron chi connectivity index (χ0n) is 12.1. The Morgan fingerprint density at radius 2 is 1.95 bits per heavy atom. The van der Waals surface area contributed by atoms with E-state index in [4.69, 9.17) is 11.6 Å². The first-order chi connectivity index (χ1) is 10.7. The summed E-state index contributed by atoms with van der Waals surface area (Å²) in [5, 5.41) is 16.8. The summed E-state index contributed by atoms with van der Waals surface area (Å²) in [4.78, 5) is 13.6. The number of nitrogens with zero attached hydrogens (tertiary/aromatic N) is 2. The number of aromatic amines is 1. The molecule has 1 aliphatic rings. The number of piperidine rings is 1. The van der Waals surface area contributed by atoms with Gasteiger partial charge in [0.25, 0.3) is 5.56 Å². The Morgan fingerprint density at radius 3 is 2.64 bits per heavy atom. The number of H-pyrrole nitrogens is 1. The van der Waals surface area contributed by atoms with Gasteiger partial charge in [-0.3, -0.25) is 4.79 Å². The van der Waals surface area contributed by atoms with E-state index in [0.717, 1.165) is 31.5 Å². The zero-order chi connectivity index (χ0) is 15.5. The van der Waals surface area contributed by atoms with Gasteiger partial charge in [0.05, 0.1) is 18.0 Å². The van der Waals surface area contributed by atoms with Crippen LogP contribution in [0.2, 0.25) is 5.02 Å². The monoisotopic (exact) mass is 319 g/mol. The first-order valence-electron chi connectivity index (χ1n) is 7.38. The van der Waals surface area contributed by atoms with Gasteiger partial charge in [-0.2, -0.15) is 5.10 Å². The topological polar surface area (TPSA) is 69.2 Å². The number of hydrogen-bond donors (Lipinski definition) is 2. The molecule has 0 amide bonds. The lowest BCUT2D eigenvalue weighted by molar-refractivity contribution is 0.0930. The van der Waals surface area contributed by atoms with Gasteiger partial charge in [0, 0.05) is 13.1 Å². The second kappa shape index (κ2) is 6.50.